The lowest BCUT2D eigenvalue weighted by molar-refractivity contribution is 0.854. The molecule has 1 aromatic heterocycles. The van der Waals surface area contributed by atoms with E-state index in [9.17, 15) is 0 Å². The van der Waals surface area contributed by atoms with Crippen molar-refractivity contribution in [3.05, 3.63) is 39.4 Å². The largest absolute Gasteiger partial charge is 0.296 e. The minimum atomic E-state index is -0.370. The van der Waals surface area contributed by atoms with Crippen molar-refractivity contribution < 1.29 is 0 Å². The molecule has 112 valence electrons. The highest BCUT2D eigenvalue weighted by Crippen LogP contribution is 2.41. The second-order valence-electron chi connectivity index (χ2n) is 5.42. The Morgan fingerprint density at radius 1 is 1.29 bits per heavy atom. The molecule has 1 fully saturated rings. The summed E-state index contributed by atoms with van der Waals surface area (Å²) < 4.78 is 0. The van der Waals surface area contributed by atoms with Gasteiger partial charge in [0.1, 0.15) is 27.5 Å². The predicted octanol–water partition coefficient (Wildman–Crippen LogP) is 4.98. The maximum Gasteiger partial charge on any atom is 0.143 e. The van der Waals surface area contributed by atoms with E-state index in [1.54, 1.807) is 0 Å². The van der Waals surface area contributed by atoms with Crippen LogP contribution in [0.2, 0.25) is 5.15 Å². The highest BCUT2D eigenvalue weighted by molar-refractivity contribution is 6.34. The quantitative estimate of drug-likeness (QED) is 0.440. The molecule has 2 aliphatic rings. The molecule has 1 unspecified atom stereocenters. The molecule has 3 nitrogen and oxygen atoms in total. The molecule has 1 aromatic rings. The Morgan fingerprint density at radius 3 is 2.57 bits per heavy atom. The molecule has 21 heavy (non-hydrogen) atoms. The third-order valence-electron chi connectivity index (χ3n) is 3.70. The summed E-state index contributed by atoms with van der Waals surface area (Å²) in [5, 5.41) is 1.06. The smallest absolute Gasteiger partial charge is 0.143 e. The number of hydrogen-bond donors (Lipinski definition) is 0. The van der Waals surface area contributed by atoms with Crippen LogP contribution in [0.15, 0.2) is 22.9 Å². The van der Waals surface area contributed by atoms with Crippen molar-refractivity contribution in [1.82, 2.24) is 9.97 Å². The zero-order valence-electron chi connectivity index (χ0n) is 11.9. The summed E-state index contributed by atoms with van der Waals surface area (Å²) >= 11 is 19.2. The van der Waals surface area contributed by atoms with Crippen LogP contribution in [0.4, 0.5) is 5.82 Å². The van der Waals surface area contributed by atoms with Crippen molar-refractivity contribution >= 4 is 40.6 Å². The van der Waals surface area contributed by atoms with E-state index in [-0.39, 0.29) is 5.50 Å². The molecule has 0 amide bonds. The Bertz CT molecular complexity index is 635. The van der Waals surface area contributed by atoms with Crippen LogP contribution >= 0.6 is 34.8 Å². The zero-order chi connectivity index (χ0) is 15.1. The normalized spacial score (nSPS) is 22.1. The molecular formula is C15H16Cl3N3. The average molecular weight is 345 g/mol. The maximum absolute atomic E-state index is 6.46. The van der Waals surface area contributed by atoms with Crippen LogP contribution in [-0.4, -0.2) is 15.5 Å². The van der Waals surface area contributed by atoms with Gasteiger partial charge in [0.2, 0.25) is 0 Å². The Hall–Kier alpha value is -0.770. The van der Waals surface area contributed by atoms with E-state index in [1.807, 2.05) is 30.9 Å². The lowest BCUT2D eigenvalue weighted by Crippen LogP contribution is -2.32. The highest BCUT2D eigenvalue weighted by atomic mass is 35.5. The van der Waals surface area contributed by atoms with Gasteiger partial charge in [-0.05, 0) is 43.9 Å². The van der Waals surface area contributed by atoms with Gasteiger partial charge in [-0.1, -0.05) is 41.7 Å². The summed E-state index contributed by atoms with van der Waals surface area (Å²) in [6.45, 7) is 4.00. The monoisotopic (exact) mass is 343 g/mol. The first-order valence-corrected chi connectivity index (χ1v) is 8.25. The van der Waals surface area contributed by atoms with E-state index in [2.05, 4.69) is 4.98 Å². The van der Waals surface area contributed by atoms with Crippen molar-refractivity contribution in [3.8, 4) is 0 Å². The summed E-state index contributed by atoms with van der Waals surface area (Å²) in [6.07, 6.45) is 6.79. The Labute approximate surface area is 139 Å². The number of halogens is 3. The fourth-order valence-corrected chi connectivity index (χ4v) is 3.53. The first-order chi connectivity index (χ1) is 10.0. The molecule has 1 saturated carbocycles. The molecule has 1 aliphatic heterocycles. The Kier molecular flexibility index (Phi) is 4.17. The second-order valence-corrected chi connectivity index (χ2v) is 6.62. The van der Waals surface area contributed by atoms with E-state index >= 15 is 0 Å². The van der Waals surface area contributed by atoms with Crippen molar-refractivity contribution in [3.63, 3.8) is 0 Å². The number of alkyl halides is 1. The van der Waals surface area contributed by atoms with E-state index in [4.69, 9.17) is 39.8 Å². The van der Waals surface area contributed by atoms with E-state index in [0.717, 1.165) is 42.0 Å². The number of allylic oxidation sites excluding steroid dienone is 2. The van der Waals surface area contributed by atoms with Crippen molar-refractivity contribution in [2.45, 2.75) is 44.5 Å². The summed E-state index contributed by atoms with van der Waals surface area (Å²) in [5.41, 5.74) is 1.55. The molecule has 0 N–H and O–H groups in total. The lowest BCUT2D eigenvalue weighted by Gasteiger charge is -2.31. The van der Waals surface area contributed by atoms with Gasteiger partial charge in [0.25, 0.3) is 0 Å². The van der Waals surface area contributed by atoms with Crippen LogP contribution in [0.3, 0.4) is 0 Å². The molecule has 6 heteroatoms. The van der Waals surface area contributed by atoms with Crippen molar-refractivity contribution in [2.75, 3.05) is 4.90 Å². The molecule has 0 spiro atoms. The zero-order valence-corrected chi connectivity index (χ0v) is 14.2. The average Bonchev–Trinajstić information content (AvgIpc) is 3.21. The van der Waals surface area contributed by atoms with Gasteiger partial charge in [0.05, 0.1) is 0 Å². The fraction of sp³-hybridized carbons (Fsp3) is 0.467. The van der Waals surface area contributed by atoms with Gasteiger partial charge in [-0.3, -0.25) is 4.90 Å². The van der Waals surface area contributed by atoms with Crippen LogP contribution in [0.1, 0.15) is 44.0 Å². The van der Waals surface area contributed by atoms with Crippen molar-refractivity contribution in [2.24, 2.45) is 0 Å². The minimum Gasteiger partial charge on any atom is -0.296 e. The standard InChI is InChI=1S/C15H16Cl3N3/c1-3-10-13(18)19-14(9-4-5-9)20-15(10)21-11(16)6-8(2)7-12(21)17/h6-7,9,11H,3-5H2,1-2H3. The van der Waals surface area contributed by atoms with E-state index in [1.165, 1.54) is 0 Å². The topological polar surface area (TPSA) is 29.0 Å². The van der Waals surface area contributed by atoms with Crippen LogP contribution in [0.25, 0.3) is 0 Å². The number of nitrogens with zero attached hydrogens (tertiary/aromatic N) is 3. The van der Waals surface area contributed by atoms with Crippen LogP contribution < -0.4 is 4.90 Å². The second kappa shape index (κ2) is 5.79. The van der Waals surface area contributed by atoms with Gasteiger partial charge in [-0.25, -0.2) is 9.97 Å². The van der Waals surface area contributed by atoms with Crippen LogP contribution in [0.5, 0.6) is 0 Å². The van der Waals surface area contributed by atoms with Gasteiger partial charge in [0.15, 0.2) is 0 Å². The van der Waals surface area contributed by atoms with E-state index in [0.29, 0.717) is 16.2 Å². The van der Waals surface area contributed by atoms with Gasteiger partial charge >= 0.3 is 0 Å². The molecule has 1 aliphatic carbocycles. The third kappa shape index (κ3) is 2.92. The predicted molar refractivity (Wildman–Crippen MR) is 88.2 cm³/mol. The highest BCUT2D eigenvalue weighted by Gasteiger charge is 2.31. The first-order valence-electron chi connectivity index (χ1n) is 7.06. The van der Waals surface area contributed by atoms with E-state index < -0.39 is 0 Å². The molecular weight excluding hydrogens is 329 g/mol. The van der Waals surface area contributed by atoms with Crippen LogP contribution in [-0.2, 0) is 6.42 Å². The number of anilines is 1. The lowest BCUT2D eigenvalue weighted by atomic mass is 10.1. The summed E-state index contributed by atoms with van der Waals surface area (Å²) in [7, 11) is 0. The SMILES string of the molecule is CCc1c(Cl)nc(C2CC2)nc1N1C(Cl)=CC(C)=CC1Cl. The molecule has 0 bridgehead atoms. The number of hydrogen-bond acceptors (Lipinski definition) is 3. The van der Waals surface area contributed by atoms with Gasteiger partial charge in [-0.15, -0.1) is 0 Å². The van der Waals surface area contributed by atoms with Crippen molar-refractivity contribution in [1.29, 1.82) is 0 Å². The Balaban J connectivity index is 2.10. The molecule has 2 heterocycles. The Morgan fingerprint density at radius 2 is 2.00 bits per heavy atom. The molecule has 0 radical (unpaired) electrons. The fourth-order valence-electron chi connectivity index (χ4n) is 2.42. The van der Waals surface area contributed by atoms with Crippen LogP contribution in [0, 0.1) is 0 Å². The third-order valence-corrected chi connectivity index (χ3v) is 4.63. The first kappa shape index (κ1) is 15.1. The van der Waals surface area contributed by atoms with Gasteiger partial charge in [0, 0.05) is 11.5 Å². The summed E-state index contributed by atoms with van der Waals surface area (Å²) in [4.78, 5) is 11.0. The molecule has 0 saturated heterocycles. The van der Waals surface area contributed by atoms with Gasteiger partial charge < -0.3 is 0 Å². The molecule has 1 atom stereocenters. The molecule has 3 rings (SSSR count). The summed E-state index contributed by atoms with van der Waals surface area (Å²) in [5.74, 6) is 1.95. The summed E-state index contributed by atoms with van der Waals surface area (Å²) in [6, 6.07) is 0. The number of aromatic nitrogens is 2. The van der Waals surface area contributed by atoms with Gasteiger partial charge in [-0.2, -0.15) is 0 Å². The molecule has 0 aromatic carbocycles. The minimum absolute atomic E-state index is 0.370. The maximum atomic E-state index is 6.46. The number of rotatable bonds is 3.